The van der Waals surface area contributed by atoms with Crippen LogP contribution in [0.15, 0.2) is 24.3 Å². The van der Waals surface area contributed by atoms with Crippen LogP contribution in [0, 0.1) is 5.92 Å². The third-order valence-electron chi connectivity index (χ3n) is 3.85. The molecule has 1 aromatic carbocycles. The molecule has 2 aliphatic rings. The Morgan fingerprint density at radius 2 is 2.20 bits per heavy atom. The lowest BCUT2D eigenvalue weighted by atomic mass is 9.77. The van der Waals surface area contributed by atoms with Gasteiger partial charge in [-0.05, 0) is 43.5 Å². The van der Waals surface area contributed by atoms with Crippen molar-refractivity contribution in [2.45, 2.75) is 12.3 Å². The summed E-state index contributed by atoms with van der Waals surface area (Å²) in [5, 5.41) is 3.56. The molecule has 15 heavy (non-hydrogen) atoms. The summed E-state index contributed by atoms with van der Waals surface area (Å²) in [7, 11) is 2.23. The number of nitrogens with zero attached hydrogens (tertiary/aromatic N) is 1. The van der Waals surface area contributed by atoms with Crippen molar-refractivity contribution in [2.24, 2.45) is 5.92 Å². The van der Waals surface area contributed by atoms with Crippen LogP contribution in [0.3, 0.4) is 0 Å². The second kappa shape index (κ2) is 3.53. The molecule has 0 spiro atoms. The van der Waals surface area contributed by atoms with Crippen molar-refractivity contribution in [2.75, 3.05) is 32.0 Å². The first-order valence-corrected chi connectivity index (χ1v) is 5.86. The molecular weight excluding hydrogens is 184 g/mol. The van der Waals surface area contributed by atoms with Crippen molar-refractivity contribution >= 4 is 5.69 Å². The highest BCUT2D eigenvalue weighted by Gasteiger charge is 2.32. The van der Waals surface area contributed by atoms with Gasteiger partial charge in [0, 0.05) is 18.8 Å². The van der Waals surface area contributed by atoms with Crippen LogP contribution in [0.4, 0.5) is 5.69 Å². The smallest absolute Gasteiger partial charge is 0.0375 e. The van der Waals surface area contributed by atoms with Gasteiger partial charge in [0.2, 0.25) is 0 Å². The number of benzene rings is 1. The maximum atomic E-state index is 3.56. The Kier molecular flexibility index (Phi) is 2.17. The molecule has 1 aromatic rings. The zero-order chi connectivity index (χ0) is 10.3. The van der Waals surface area contributed by atoms with Gasteiger partial charge in [-0.3, -0.25) is 0 Å². The van der Waals surface area contributed by atoms with Crippen molar-refractivity contribution in [3.05, 3.63) is 29.8 Å². The molecule has 0 saturated carbocycles. The number of piperidine rings is 1. The van der Waals surface area contributed by atoms with Gasteiger partial charge in [0.1, 0.15) is 0 Å². The quantitative estimate of drug-likeness (QED) is 0.693. The fourth-order valence-corrected chi connectivity index (χ4v) is 3.05. The summed E-state index contributed by atoms with van der Waals surface area (Å²) in [5.41, 5.74) is 2.91. The molecule has 2 nitrogen and oxygen atoms in total. The predicted octanol–water partition coefficient (Wildman–Crippen LogP) is 2.15. The Morgan fingerprint density at radius 1 is 1.33 bits per heavy atom. The number of likely N-dealkylation sites (tertiary alicyclic amines) is 1. The van der Waals surface area contributed by atoms with Gasteiger partial charge in [-0.1, -0.05) is 18.2 Å². The van der Waals surface area contributed by atoms with E-state index in [9.17, 15) is 0 Å². The first kappa shape index (κ1) is 9.22. The van der Waals surface area contributed by atoms with Crippen molar-refractivity contribution in [3.8, 4) is 0 Å². The Morgan fingerprint density at radius 3 is 3.13 bits per heavy atom. The van der Waals surface area contributed by atoms with Gasteiger partial charge in [0.15, 0.2) is 0 Å². The van der Waals surface area contributed by atoms with Crippen LogP contribution in [-0.2, 0) is 0 Å². The Balaban J connectivity index is 1.93. The first-order chi connectivity index (χ1) is 7.34. The Hall–Kier alpha value is -1.02. The van der Waals surface area contributed by atoms with Gasteiger partial charge in [-0.2, -0.15) is 0 Å². The zero-order valence-electron chi connectivity index (χ0n) is 9.24. The normalized spacial score (nSPS) is 30.2. The van der Waals surface area contributed by atoms with Gasteiger partial charge in [0.05, 0.1) is 0 Å². The van der Waals surface area contributed by atoms with E-state index in [0.717, 1.165) is 18.4 Å². The van der Waals surface area contributed by atoms with Crippen LogP contribution in [0.25, 0.3) is 0 Å². The topological polar surface area (TPSA) is 15.3 Å². The van der Waals surface area contributed by atoms with E-state index in [0.29, 0.717) is 0 Å². The molecule has 2 unspecified atom stereocenters. The maximum absolute atomic E-state index is 3.56. The minimum atomic E-state index is 0.790. The molecule has 2 heteroatoms. The average Bonchev–Trinajstić information content (AvgIpc) is 2.28. The summed E-state index contributed by atoms with van der Waals surface area (Å²) in [6.45, 7) is 3.63. The number of rotatable bonds is 0. The lowest BCUT2D eigenvalue weighted by molar-refractivity contribution is 0.188. The summed E-state index contributed by atoms with van der Waals surface area (Å²) in [6, 6.07) is 8.80. The van der Waals surface area contributed by atoms with Crippen LogP contribution < -0.4 is 5.32 Å². The third kappa shape index (κ3) is 1.53. The minimum absolute atomic E-state index is 0.790. The first-order valence-electron chi connectivity index (χ1n) is 5.86. The van der Waals surface area contributed by atoms with Gasteiger partial charge in [-0.15, -0.1) is 0 Å². The third-order valence-corrected chi connectivity index (χ3v) is 3.85. The number of fused-ring (bicyclic) bond motifs is 3. The molecule has 0 aromatic heterocycles. The summed E-state index contributed by atoms with van der Waals surface area (Å²) in [4.78, 5) is 2.46. The summed E-state index contributed by atoms with van der Waals surface area (Å²) < 4.78 is 0. The van der Waals surface area contributed by atoms with Crippen molar-refractivity contribution in [1.29, 1.82) is 0 Å². The average molecular weight is 202 g/mol. The molecule has 0 aliphatic carbocycles. The van der Waals surface area contributed by atoms with Crippen LogP contribution in [-0.4, -0.2) is 31.6 Å². The molecule has 80 valence electrons. The fourth-order valence-electron chi connectivity index (χ4n) is 3.05. The molecule has 2 atom stereocenters. The summed E-state index contributed by atoms with van der Waals surface area (Å²) in [5.74, 6) is 1.59. The summed E-state index contributed by atoms with van der Waals surface area (Å²) >= 11 is 0. The molecule has 1 saturated heterocycles. The molecule has 0 amide bonds. The van der Waals surface area contributed by atoms with E-state index in [-0.39, 0.29) is 0 Å². The molecule has 1 N–H and O–H groups in total. The van der Waals surface area contributed by atoms with Crippen molar-refractivity contribution < 1.29 is 0 Å². The van der Waals surface area contributed by atoms with E-state index >= 15 is 0 Å². The van der Waals surface area contributed by atoms with Gasteiger partial charge < -0.3 is 10.2 Å². The SMILES string of the molecule is CN1CCC2c3ccccc3NCC2C1. The Labute approximate surface area is 91.3 Å². The van der Waals surface area contributed by atoms with E-state index in [4.69, 9.17) is 0 Å². The van der Waals surface area contributed by atoms with Crippen LogP contribution in [0.5, 0.6) is 0 Å². The van der Waals surface area contributed by atoms with Crippen molar-refractivity contribution in [3.63, 3.8) is 0 Å². The number of para-hydroxylation sites is 1. The standard InChI is InChI=1S/C13H18N2/c1-15-7-6-11-10(9-15)8-14-13-5-3-2-4-12(11)13/h2-5,10-11,14H,6-9H2,1H3. The molecule has 2 aliphatic heterocycles. The Bertz CT molecular complexity index is 361. The van der Waals surface area contributed by atoms with E-state index in [1.54, 1.807) is 5.56 Å². The minimum Gasteiger partial charge on any atom is -0.384 e. The molecular formula is C13H18N2. The van der Waals surface area contributed by atoms with Crippen LogP contribution in [0.1, 0.15) is 17.9 Å². The molecule has 0 radical (unpaired) electrons. The van der Waals surface area contributed by atoms with E-state index in [2.05, 4.69) is 41.5 Å². The number of hydrogen-bond acceptors (Lipinski definition) is 2. The molecule has 1 fully saturated rings. The molecule has 3 rings (SSSR count). The van der Waals surface area contributed by atoms with Crippen molar-refractivity contribution in [1.82, 2.24) is 4.90 Å². The van der Waals surface area contributed by atoms with Gasteiger partial charge >= 0.3 is 0 Å². The van der Waals surface area contributed by atoms with Gasteiger partial charge in [-0.25, -0.2) is 0 Å². The maximum Gasteiger partial charge on any atom is 0.0375 e. The van der Waals surface area contributed by atoms with E-state index < -0.39 is 0 Å². The second-order valence-corrected chi connectivity index (χ2v) is 4.89. The van der Waals surface area contributed by atoms with Gasteiger partial charge in [0.25, 0.3) is 0 Å². The van der Waals surface area contributed by atoms with E-state index in [1.165, 1.54) is 25.2 Å². The highest BCUT2D eigenvalue weighted by molar-refractivity contribution is 5.55. The predicted molar refractivity (Wildman–Crippen MR) is 63.3 cm³/mol. The fraction of sp³-hybridized carbons (Fsp3) is 0.538. The highest BCUT2D eigenvalue weighted by atomic mass is 15.1. The largest absolute Gasteiger partial charge is 0.384 e. The molecule has 0 bridgehead atoms. The second-order valence-electron chi connectivity index (χ2n) is 4.89. The number of nitrogens with one attached hydrogen (secondary N) is 1. The lowest BCUT2D eigenvalue weighted by Crippen LogP contribution is -2.42. The monoisotopic (exact) mass is 202 g/mol. The number of anilines is 1. The van der Waals surface area contributed by atoms with E-state index in [1.807, 2.05) is 0 Å². The molecule has 2 heterocycles. The zero-order valence-corrected chi connectivity index (χ0v) is 9.24. The van der Waals surface area contributed by atoms with Crippen LogP contribution in [0.2, 0.25) is 0 Å². The van der Waals surface area contributed by atoms with Crippen LogP contribution >= 0.6 is 0 Å². The highest BCUT2D eigenvalue weighted by Crippen LogP contribution is 2.39. The number of hydrogen-bond donors (Lipinski definition) is 1. The summed E-state index contributed by atoms with van der Waals surface area (Å²) in [6.07, 6.45) is 1.32. The lowest BCUT2D eigenvalue weighted by Gasteiger charge is -2.41.